The maximum atomic E-state index is 11.8. The standard InChI is InChI=1S/C20H16O5Si/c1-23-20(22)14-12-17(21)19-18(13-14)24-26(25-19,15-8-4-2-5-9-15)16-10-6-3-7-11-16/h2-13,21H,1H3. The molecule has 0 saturated carbocycles. The van der Waals surface area contributed by atoms with Crippen LogP contribution in [0.2, 0.25) is 0 Å². The Balaban J connectivity index is 1.88. The summed E-state index contributed by atoms with van der Waals surface area (Å²) in [6, 6.07) is 22.2. The van der Waals surface area contributed by atoms with Gasteiger partial charge < -0.3 is 18.7 Å². The lowest BCUT2D eigenvalue weighted by Crippen LogP contribution is -2.66. The van der Waals surface area contributed by atoms with Crippen molar-refractivity contribution in [3.63, 3.8) is 0 Å². The van der Waals surface area contributed by atoms with Crippen molar-refractivity contribution in [2.75, 3.05) is 7.11 Å². The highest BCUT2D eigenvalue weighted by Crippen LogP contribution is 2.45. The number of hydrogen-bond acceptors (Lipinski definition) is 5. The van der Waals surface area contributed by atoms with Gasteiger partial charge in [0.05, 0.1) is 12.7 Å². The summed E-state index contributed by atoms with van der Waals surface area (Å²) in [5.41, 5.74) is 0.207. The molecular formula is C20H16O5Si. The van der Waals surface area contributed by atoms with Crippen LogP contribution in [0.25, 0.3) is 0 Å². The molecule has 130 valence electrons. The van der Waals surface area contributed by atoms with Gasteiger partial charge in [-0.1, -0.05) is 60.7 Å². The van der Waals surface area contributed by atoms with E-state index in [4.69, 9.17) is 13.6 Å². The molecule has 0 spiro atoms. The van der Waals surface area contributed by atoms with E-state index in [1.807, 2.05) is 60.7 Å². The summed E-state index contributed by atoms with van der Waals surface area (Å²) in [7, 11) is -1.81. The third-order valence-electron chi connectivity index (χ3n) is 4.26. The van der Waals surface area contributed by atoms with Gasteiger partial charge in [0.15, 0.2) is 17.2 Å². The van der Waals surface area contributed by atoms with Crippen LogP contribution in [-0.2, 0) is 4.74 Å². The molecule has 0 aromatic heterocycles. The Morgan fingerprint density at radius 3 is 2.04 bits per heavy atom. The molecule has 1 heterocycles. The van der Waals surface area contributed by atoms with Gasteiger partial charge in [0, 0.05) is 10.4 Å². The highest BCUT2D eigenvalue weighted by molar-refractivity contribution is 6.94. The van der Waals surface area contributed by atoms with Crippen LogP contribution in [0.3, 0.4) is 0 Å². The van der Waals surface area contributed by atoms with Crippen LogP contribution >= 0.6 is 0 Å². The quantitative estimate of drug-likeness (QED) is 0.570. The van der Waals surface area contributed by atoms with E-state index in [1.54, 1.807) is 6.07 Å². The van der Waals surface area contributed by atoms with Gasteiger partial charge in [-0.15, -0.1) is 0 Å². The van der Waals surface area contributed by atoms with E-state index >= 15 is 0 Å². The molecule has 1 N–H and O–H groups in total. The Hall–Kier alpha value is -3.25. The third-order valence-corrected chi connectivity index (χ3v) is 7.45. The van der Waals surface area contributed by atoms with Crippen LogP contribution in [0.4, 0.5) is 0 Å². The predicted molar refractivity (Wildman–Crippen MR) is 98.6 cm³/mol. The fourth-order valence-corrected chi connectivity index (χ4v) is 6.10. The molecule has 6 heteroatoms. The molecular weight excluding hydrogens is 348 g/mol. The number of esters is 1. The van der Waals surface area contributed by atoms with Gasteiger partial charge in [-0.2, -0.15) is 0 Å². The van der Waals surface area contributed by atoms with Gasteiger partial charge in [-0.3, -0.25) is 0 Å². The minimum Gasteiger partial charge on any atom is -0.504 e. The van der Waals surface area contributed by atoms with Crippen LogP contribution in [0, 0.1) is 0 Å². The maximum Gasteiger partial charge on any atom is 0.531 e. The first-order valence-electron chi connectivity index (χ1n) is 8.08. The lowest BCUT2D eigenvalue weighted by Gasteiger charge is -2.24. The second-order valence-corrected chi connectivity index (χ2v) is 8.66. The van der Waals surface area contributed by atoms with E-state index < -0.39 is 14.5 Å². The number of rotatable bonds is 3. The lowest BCUT2D eigenvalue weighted by molar-refractivity contribution is 0.0600. The number of fused-ring (bicyclic) bond motifs is 1. The topological polar surface area (TPSA) is 65.0 Å². The number of phenols is 1. The molecule has 1 aliphatic heterocycles. The first-order chi connectivity index (χ1) is 12.6. The van der Waals surface area contributed by atoms with Crippen LogP contribution in [0.5, 0.6) is 17.2 Å². The zero-order valence-corrected chi connectivity index (χ0v) is 15.0. The van der Waals surface area contributed by atoms with Crippen molar-refractivity contribution in [3.05, 3.63) is 78.4 Å². The fourth-order valence-electron chi connectivity index (χ4n) is 3.04. The predicted octanol–water partition coefficient (Wildman–Crippen LogP) is 2.21. The number of ether oxygens (including phenoxy) is 1. The third kappa shape index (κ3) is 2.51. The van der Waals surface area contributed by atoms with Gasteiger partial charge >= 0.3 is 14.5 Å². The Morgan fingerprint density at radius 2 is 1.50 bits per heavy atom. The first-order valence-corrected chi connectivity index (χ1v) is 9.90. The number of methoxy groups -OCH3 is 1. The molecule has 5 nitrogen and oxygen atoms in total. The lowest BCUT2D eigenvalue weighted by atomic mass is 10.2. The van der Waals surface area contributed by atoms with Gasteiger partial charge in [-0.25, -0.2) is 4.79 Å². The zero-order valence-electron chi connectivity index (χ0n) is 14.0. The van der Waals surface area contributed by atoms with Crippen molar-refractivity contribution in [2.45, 2.75) is 0 Å². The highest BCUT2D eigenvalue weighted by Gasteiger charge is 2.53. The molecule has 0 amide bonds. The number of hydrogen-bond donors (Lipinski definition) is 1. The molecule has 3 aromatic rings. The molecule has 0 aliphatic carbocycles. The van der Waals surface area contributed by atoms with Crippen molar-refractivity contribution < 1.29 is 23.5 Å². The van der Waals surface area contributed by atoms with E-state index in [0.29, 0.717) is 5.75 Å². The number of benzene rings is 3. The molecule has 0 bridgehead atoms. The molecule has 0 atom stereocenters. The average molecular weight is 364 g/mol. The minimum atomic E-state index is -3.10. The number of carbonyl (C=O) groups is 1. The van der Waals surface area contributed by atoms with Crippen molar-refractivity contribution in [1.29, 1.82) is 0 Å². The van der Waals surface area contributed by atoms with Crippen molar-refractivity contribution in [1.82, 2.24) is 0 Å². The first kappa shape index (κ1) is 16.2. The summed E-state index contributed by atoms with van der Waals surface area (Å²) in [5, 5.41) is 12.2. The van der Waals surface area contributed by atoms with Crippen LogP contribution < -0.4 is 19.2 Å². The Morgan fingerprint density at radius 1 is 0.923 bits per heavy atom. The summed E-state index contributed by atoms with van der Waals surface area (Å²) in [5.74, 6) is -0.115. The largest absolute Gasteiger partial charge is 0.531 e. The van der Waals surface area contributed by atoms with E-state index in [0.717, 1.165) is 10.4 Å². The number of phenolic OH excluding ortho intramolecular Hbond substituents is 1. The smallest absolute Gasteiger partial charge is 0.504 e. The Kier molecular flexibility index (Phi) is 3.89. The molecule has 0 saturated heterocycles. The van der Waals surface area contributed by atoms with Crippen LogP contribution in [0.15, 0.2) is 72.8 Å². The maximum absolute atomic E-state index is 11.8. The van der Waals surface area contributed by atoms with Gasteiger partial charge in [0.1, 0.15) is 0 Å². The van der Waals surface area contributed by atoms with Crippen molar-refractivity contribution in [2.24, 2.45) is 0 Å². The van der Waals surface area contributed by atoms with Gasteiger partial charge in [0.25, 0.3) is 0 Å². The second-order valence-electron chi connectivity index (χ2n) is 5.87. The van der Waals surface area contributed by atoms with Crippen LogP contribution in [0.1, 0.15) is 10.4 Å². The van der Waals surface area contributed by atoms with Crippen LogP contribution in [-0.4, -0.2) is 26.7 Å². The SMILES string of the molecule is COC(=O)c1cc(O)c2c(c1)O[Si](c1ccccc1)(c1ccccc1)O2. The summed E-state index contributed by atoms with van der Waals surface area (Å²) < 4.78 is 17.3. The Labute approximate surface area is 151 Å². The normalized spacial score (nSPS) is 14.0. The van der Waals surface area contributed by atoms with E-state index in [1.165, 1.54) is 13.2 Å². The summed E-state index contributed by atoms with van der Waals surface area (Å²) in [4.78, 5) is 11.8. The molecule has 4 rings (SSSR count). The molecule has 3 aromatic carbocycles. The van der Waals surface area contributed by atoms with E-state index in [2.05, 4.69) is 0 Å². The van der Waals surface area contributed by atoms with Crippen molar-refractivity contribution in [3.8, 4) is 17.2 Å². The summed E-state index contributed by atoms with van der Waals surface area (Å²) >= 11 is 0. The van der Waals surface area contributed by atoms with E-state index in [9.17, 15) is 9.90 Å². The molecule has 26 heavy (non-hydrogen) atoms. The van der Waals surface area contributed by atoms with E-state index in [-0.39, 0.29) is 17.1 Å². The Bertz CT molecular complexity index is 917. The van der Waals surface area contributed by atoms with Gasteiger partial charge in [0.2, 0.25) is 0 Å². The molecule has 0 unspecified atom stereocenters. The minimum absolute atomic E-state index is 0.149. The molecule has 1 aliphatic rings. The average Bonchev–Trinajstić information content (AvgIpc) is 3.10. The molecule has 0 radical (unpaired) electrons. The fraction of sp³-hybridized carbons (Fsp3) is 0.0500. The number of carbonyl (C=O) groups excluding carboxylic acids is 1. The summed E-state index contributed by atoms with van der Waals surface area (Å²) in [6.45, 7) is 0. The highest BCUT2D eigenvalue weighted by atomic mass is 28.4. The second kappa shape index (κ2) is 6.23. The van der Waals surface area contributed by atoms with Crippen molar-refractivity contribution >= 4 is 24.9 Å². The van der Waals surface area contributed by atoms with Gasteiger partial charge in [-0.05, 0) is 12.1 Å². The number of aromatic hydroxyl groups is 1. The monoisotopic (exact) mass is 364 g/mol. The summed E-state index contributed by atoms with van der Waals surface area (Å²) in [6.07, 6.45) is 0. The molecule has 0 fully saturated rings. The zero-order chi connectivity index (χ0) is 18.1.